The Morgan fingerprint density at radius 2 is 1.91 bits per heavy atom. The molecule has 0 unspecified atom stereocenters. The largest absolute Gasteiger partial charge is 0.0958 e. The highest BCUT2D eigenvalue weighted by Crippen LogP contribution is 2.16. The molecule has 11 heavy (non-hydrogen) atoms. The summed E-state index contributed by atoms with van der Waals surface area (Å²) in [4.78, 5) is 0. The molecule has 0 aromatic heterocycles. The molecule has 0 amide bonds. The molecule has 0 saturated heterocycles. The Bertz CT molecular complexity index is 192. The number of hydrogen-bond donors (Lipinski definition) is 0. The van der Waals surface area contributed by atoms with Gasteiger partial charge < -0.3 is 0 Å². The fourth-order valence-electron chi connectivity index (χ4n) is 1.27. The van der Waals surface area contributed by atoms with Gasteiger partial charge in [0.25, 0.3) is 0 Å². The minimum absolute atomic E-state index is 1.07. The minimum Gasteiger partial charge on any atom is -0.0958 e. The molecule has 0 fully saturated rings. The van der Waals surface area contributed by atoms with Crippen molar-refractivity contribution in [1.29, 1.82) is 0 Å². The molecule has 0 nitrogen and oxygen atoms in total. The second-order valence-electron chi connectivity index (χ2n) is 2.80. The van der Waals surface area contributed by atoms with Gasteiger partial charge in [-0.05, 0) is 38.3 Å². The molecule has 0 aliphatic rings. The molecule has 0 heterocycles. The van der Waals surface area contributed by atoms with Crippen molar-refractivity contribution in [3.05, 3.63) is 35.5 Å². The van der Waals surface area contributed by atoms with Gasteiger partial charge in [-0.1, -0.05) is 31.2 Å². The van der Waals surface area contributed by atoms with E-state index in [0.717, 1.165) is 6.42 Å². The van der Waals surface area contributed by atoms with Crippen LogP contribution in [0.25, 0.3) is 0 Å². The van der Waals surface area contributed by atoms with Crippen molar-refractivity contribution < 1.29 is 0 Å². The van der Waals surface area contributed by atoms with Crippen LogP contribution in [0.15, 0.2) is 35.5 Å². The van der Waals surface area contributed by atoms with Crippen LogP contribution < -0.4 is 0 Å². The van der Waals surface area contributed by atoms with Gasteiger partial charge >= 0.3 is 0 Å². The summed E-state index contributed by atoms with van der Waals surface area (Å²) >= 11 is 0. The lowest BCUT2D eigenvalue weighted by Crippen LogP contribution is -1.85. The Labute approximate surface area is 70.3 Å². The molecule has 0 heteroatoms. The van der Waals surface area contributed by atoms with Crippen LogP contribution in [-0.2, 0) is 0 Å². The van der Waals surface area contributed by atoms with E-state index in [0.29, 0.717) is 0 Å². The van der Waals surface area contributed by atoms with Crippen molar-refractivity contribution in [3.63, 3.8) is 0 Å². The van der Waals surface area contributed by atoms with Gasteiger partial charge in [-0.2, -0.15) is 0 Å². The maximum atomic E-state index is 3.94. The Morgan fingerprint density at radius 1 is 1.36 bits per heavy atom. The van der Waals surface area contributed by atoms with Crippen molar-refractivity contribution in [2.75, 3.05) is 0 Å². The van der Waals surface area contributed by atoms with Gasteiger partial charge in [0, 0.05) is 0 Å². The zero-order valence-electron chi connectivity index (χ0n) is 8.07. The average Bonchev–Trinajstić information content (AvgIpc) is 1.88. The van der Waals surface area contributed by atoms with Gasteiger partial charge in [-0.25, -0.2) is 0 Å². The van der Waals surface area contributed by atoms with Crippen LogP contribution in [0.2, 0.25) is 0 Å². The summed E-state index contributed by atoms with van der Waals surface area (Å²) in [5.41, 5.74) is 3.90. The van der Waals surface area contributed by atoms with Gasteiger partial charge in [0.1, 0.15) is 0 Å². The third-order valence-electron chi connectivity index (χ3n) is 1.76. The second-order valence-corrected chi connectivity index (χ2v) is 2.80. The van der Waals surface area contributed by atoms with E-state index in [-0.39, 0.29) is 0 Å². The van der Waals surface area contributed by atoms with Gasteiger partial charge in [0.2, 0.25) is 0 Å². The van der Waals surface area contributed by atoms with Gasteiger partial charge in [-0.15, -0.1) is 0 Å². The Kier molecular flexibility index (Phi) is 4.60. The SMILES string of the molecule is C=C(C)C(CC)=C(C)C=CC. The maximum Gasteiger partial charge on any atom is -0.0302 e. The van der Waals surface area contributed by atoms with Crippen LogP contribution in [0.5, 0.6) is 0 Å². The van der Waals surface area contributed by atoms with Crippen LogP contribution in [0.3, 0.4) is 0 Å². The van der Waals surface area contributed by atoms with Crippen molar-refractivity contribution in [2.24, 2.45) is 0 Å². The monoisotopic (exact) mass is 150 g/mol. The first-order valence-electron chi connectivity index (χ1n) is 4.11. The van der Waals surface area contributed by atoms with E-state index in [1.54, 1.807) is 0 Å². The molecular formula is C11H18. The summed E-state index contributed by atoms with van der Waals surface area (Å²) in [5, 5.41) is 0. The predicted molar refractivity (Wildman–Crippen MR) is 52.6 cm³/mol. The van der Waals surface area contributed by atoms with E-state index in [9.17, 15) is 0 Å². The van der Waals surface area contributed by atoms with Gasteiger partial charge in [0.15, 0.2) is 0 Å². The molecule has 0 aromatic carbocycles. The van der Waals surface area contributed by atoms with Crippen molar-refractivity contribution in [1.82, 2.24) is 0 Å². The van der Waals surface area contributed by atoms with Crippen molar-refractivity contribution in [2.45, 2.75) is 34.1 Å². The summed E-state index contributed by atoms with van der Waals surface area (Å²) in [6, 6.07) is 0. The minimum atomic E-state index is 1.07. The fourth-order valence-corrected chi connectivity index (χ4v) is 1.27. The zero-order chi connectivity index (χ0) is 8.85. The Morgan fingerprint density at radius 3 is 2.18 bits per heavy atom. The van der Waals surface area contributed by atoms with E-state index in [1.165, 1.54) is 16.7 Å². The molecule has 0 atom stereocenters. The van der Waals surface area contributed by atoms with Crippen LogP contribution in [0, 0.1) is 0 Å². The van der Waals surface area contributed by atoms with Gasteiger partial charge in [-0.3, -0.25) is 0 Å². The van der Waals surface area contributed by atoms with Gasteiger partial charge in [0.05, 0.1) is 0 Å². The average molecular weight is 150 g/mol. The van der Waals surface area contributed by atoms with Crippen LogP contribution in [0.1, 0.15) is 34.1 Å². The number of rotatable bonds is 3. The van der Waals surface area contributed by atoms with Crippen LogP contribution in [0.4, 0.5) is 0 Å². The standard InChI is InChI=1S/C11H18/c1-6-8-10(5)11(7-2)9(3)4/h6,8H,3,7H2,1-2,4-5H3. The molecule has 62 valence electrons. The quantitative estimate of drug-likeness (QED) is 0.536. The summed E-state index contributed by atoms with van der Waals surface area (Å²) in [6.07, 6.45) is 5.27. The van der Waals surface area contributed by atoms with Crippen LogP contribution >= 0.6 is 0 Å². The highest BCUT2D eigenvalue weighted by molar-refractivity contribution is 5.35. The summed E-state index contributed by atoms with van der Waals surface area (Å²) < 4.78 is 0. The molecule has 0 bridgehead atoms. The molecular weight excluding hydrogens is 132 g/mol. The Balaban J connectivity index is 4.67. The van der Waals surface area contributed by atoms with E-state index in [4.69, 9.17) is 0 Å². The predicted octanol–water partition coefficient (Wildman–Crippen LogP) is 3.87. The zero-order valence-corrected chi connectivity index (χ0v) is 8.07. The molecule has 0 aliphatic carbocycles. The summed E-state index contributed by atoms with van der Waals surface area (Å²) in [5.74, 6) is 0. The topological polar surface area (TPSA) is 0 Å². The molecule has 0 spiro atoms. The molecule has 0 aromatic rings. The summed E-state index contributed by atoms with van der Waals surface area (Å²) in [6.45, 7) is 12.3. The number of allylic oxidation sites excluding steroid dienone is 5. The lowest BCUT2D eigenvalue weighted by atomic mass is 10.0. The van der Waals surface area contributed by atoms with E-state index in [1.807, 2.05) is 6.92 Å². The molecule has 0 saturated carbocycles. The fraction of sp³-hybridized carbons (Fsp3) is 0.455. The smallest absolute Gasteiger partial charge is 0.0302 e. The van der Waals surface area contributed by atoms with E-state index >= 15 is 0 Å². The third kappa shape index (κ3) is 3.22. The third-order valence-corrected chi connectivity index (χ3v) is 1.76. The lowest BCUT2D eigenvalue weighted by molar-refractivity contribution is 1.08. The summed E-state index contributed by atoms with van der Waals surface area (Å²) in [7, 11) is 0. The molecule has 0 N–H and O–H groups in total. The first-order valence-corrected chi connectivity index (χ1v) is 4.11. The molecule has 0 aliphatic heterocycles. The van der Waals surface area contributed by atoms with Crippen LogP contribution in [-0.4, -0.2) is 0 Å². The first kappa shape index (κ1) is 10.2. The molecule has 0 rings (SSSR count). The lowest BCUT2D eigenvalue weighted by Gasteiger charge is -2.05. The van der Waals surface area contributed by atoms with Crippen molar-refractivity contribution >= 4 is 0 Å². The molecule has 0 radical (unpaired) electrons. The number of hydrogen-bond acceptors (Lipinski definition) is 0. The van der Waals surface area contributed by atoms with E-state index < -0.39 is 0 Å². The highest BCUT2D eigenvalue weighted by Gasteiger charge is 1.96. The van der Waals surface area contributed by atoms with Crippen molar-refractivity contribution in [3.8, 4) is 0 Å². The maximum absolute atomic E-state index is 3.94. The second kappa shape index (κ2) is 4.95. The normalized spacial score (nSPS) is 13.5. The Hall–Kier alpha value is -0.780. The first-order chi connectivity index (χ1) is 5.13. The van der Waals surface area contributed by atoms with E-state index in [2.05, 4.69) is 39.5 Å². The highest BCUT2D eigenvalue weighted by atomic mass is 14.0.